The number of benzene rings is 1. The molecule has 0 saturated carbocycles. The Kier molecular flexibility index (Phi) is 4.26. The van der Waals surface area contributed by atoms with Gasteiger partial charge in [0.1, 0.15) is 5.82 Å². The molecule has 2 N–H and O–H groups in total. The molecule has 3 nitrogen and oxygen atoms in total. The van der Waals surface area contributed by atoms with Gasteiger partial charge in [0, 0.05) is 12.2 Å². The van der Waals surface area contributed by atoms with Gasteiger partial charge >= 0.3 is 0 Å². The maximum absolute atomic E-state index is 13.6. The highest BCUT2D eigenvalue weighted by atomic mass is 79.9. The van der Waals surface area contributed by atoms with Crippen LogP contribution in [0.4, 0.5) is 10.1 Å². The topological polar surface area (TPSA) is 41.1 Å². The van der Waals surface area contributed by atoms with Crippen molar-refractivity contribution in [1.82, 2.24) is 5.32 Å². The highest BCUT2D eigenvalue weighted by Gasteiger charge is 2.39. The third-order valence-electron chi connectivity index (χ3n) is 3.92. The lowest BCUT2D eigenvalue weighted by Gasteiger charge is -2.25. The third kappa shape index (κ3) is 2.82. The van der Waals surface area contributed by atoms with Crippen LogP contribution in [0.5, 0.6) is 0 Å². The van der Waals surface area contributed by atoms with Gasteiger partial charge in [-0.3, -0.25) is 4.79 Å². The summed E-state index contributed by atoms with van der Waals surface area (Å²) in [6.45, 7) is 5.41. The second kappa shape index (κ2) is 5.59. The van der Waals surface area contributed by atoms with Gasteiger partial charge in [-0.15, -0.1) is 0 Å². The Morgan fingerprint density at radius 1 is 1.58 bits per heavy atom. The van der Waals surface area contributed by atoms with Crippen molar-refractivity contribution in [2.24, 2.45) is 5.41 Å². The Labute approximate surface area is 121 Å². The highest BCUT2D eigenvalue weighted by Crippen LogP contribution is 2.32. The SMILES string of the molecule is CCC1(C(=O)Nc2cc(F)c(Br)cc2C)CCNC1. The first-order valence-corrected chi connectivity index (χ1v) is 7.25. The van der Waals surface area contributed by atoms with Crippen LogP contribution in [0.15, 0.2) is 16.6 Å². The summed E-state index contributed by atoms with van der Waals surface area (Å²) in [4.78, 5) is 12.4. The van der Waals surface area contributed by atoms with Gasteiger partial charge in [0.15, 0.2) is 0 Å². The average molecular weight is 329 g/mol. The molecule has 2 rings (SSSR count). The van der Waals surface area contributed by atoms with E-state index >= 15 is 0 Å². The van der Waals surface area contributed by atoms with E-state index in [1.54, 1.807) is 6.07 Å². The van der Waals surface area contributed by atoms with Gasteiger partial charge in [0.2, 0.25) is 5.91 Å². The standard InChI is InChI=1S/C14H18BrFN2O/c1-3-14(4-5-17-8-14)13(19)18-12-7-11(16)10(15)6-9(12)2/h6-7,17H,3-5,8H2,1-2H3,(H,18,19). The lowest BCUT2D eigenvalue weighted by molar-refractivity contribution is -0.124. The summed E-state index contributed by atoms with van der Waals surface area (Å²) >= 11 is 3.14. The van der Waals surface area contributed by atoms with Crippen LogP contribution in [0.1, 0.15) is 25.3 Å². The molecule has 0 bridgehead atoms. The van der Waals surface area contributed by atoms with Crippen molar-refractivity contribution in [3.63, 3.8) is 0 Å². The molecule has 0 aliphatic carbocycles. The van der Waals surface area contributed by atoms with Crippen molar-refractivity contribution >= 4 is 27.5 Å². The minimum atomic E-state index is -0.365. The van der Waals surface area contributed by atoms with Crippen molar-refractivity contribution in [3.05, 3.63) is 28.0 Å². The largest absolute Gasteiger partial charge is 0.325 e. The Bertz CT molecular complexity index is 498. The molecule has 0 aromatic heterocycles. The van der Waals surface area contributed by atoms with E-state index < -0.39 is 0 Å². The molecular formula is C14H18BrFN2O. The van der Waals surface area contributed by atoms with Gasteiger partial charge < -0.3 is 10.6 Å². The normalized spacial score (nSPS) is 22.5. The number of halogens is 2. The number of hydrogen-bond donors (Lipinski definition) is 2. The number of rotatable bonds is 3. The Hall–Kier alpha value is -0.940. The summed E-state index contributed by atoms with van der Waals surface area (Å²) in [5, 5.41) is 6.10. The summed E-state index contributed by atoms with van der Waals surface area (Å²) < 4.78 is 14.0. The molecule has 1 aliphatic heterocycles. The lowest BCUT2D eigenvalue weighted by atomic mass is 9.83. The van der Waals surface area contributed by atoms with Gasteiger partial charge in [-0.2, -0.15) is 0 Å². The molecule has 19 heavy (non-hydrogen) atoms. The van der Waals surface area contributed by atoms with Gasteiger partial charge in [0.05, 0.1) is 9.89 Å². The molecule has 1 aromatic rings. The fourth-order valence-electron chi connectivity index (χ4n) is 2.44. The molecule has 104 valence electrons. The smallest absolute Gasteiger partial charge is 0.231 e. The first-order chi connectivity index (χ1) is 8.98. The molecular weight excluding hydrogens is 311 g/mol. The molecule has 1 aromatic carbocycles. The van der Waals surface area contributed by atoms with Crippen LogP contribution in [0.3, 0.4) is 0 Å². The zero-order valence-corrected chi connectivity index (χ0v) is 12.7. The van der Waals surface area contributed by atoms with E-state index in [2.05, 4.69) is 26.6 Å². The van der Waals surface area contributed by atoms with E-state index in [4.69, 9.17) is 0 Å². The summed E-state index contributed by atoms with van der Waals surface area (Å²) in [5.41, 5.74) is 1.03. The molecule has 0 radical (unpaired) electrons. The summed E-state index contributed by atoms with van der Waals surface area (Å²) in [6.07, 6.45) is 1.61. The second-order valence-electron chi connectivity index (χ2n) is 5.10. The average Bonchev–Trinajstić information content (AvgIpc) is 2.86. The van der Waals surface area contributed by atoms with E-state index in [-0.39, 0.29) is 17.1 Å². The van der Waals surface area contributed by atoms with Crippen LogP contribution in [-0.2, 0) is 4.79 Å². The first-order valence-electron chi connectivity index (χ1n) is 6.46. The molecule has 1 aliphatic rings. The van der Waals surface area contributed by atoms with Crippen LogP contribution in [0.25, 0.3) is 0 Å². The number of anilines is 1. The van der Waals surface area contributed by atoms with Crippen LogP contribution >= 0.6 is 15.9 Å². The summed E-state index contributed by atoms with van der Waals surface area (Å²) in [5.74, 6) is -0.388. The van der Waals surface area contributed by atoms with E-state index in [1.165, 1.54) is 6.07 Å². The Morgan fingerprint density at radius 2 is 2.32 bits per heavy atom. The zero-order valence-electron chi connectivity index (χ0n) is 11.1. The van der Waals surface area contributed by atoms with E-state index in [0.717, 1.165) is 24.9 Å². The number of amides is 1. The molecule has 1 atom stereocenters. The number of hydrogen-bond acceptors (Lipinski definition) is 2. The van der Waals surface area contributed by atoms with Crippen molar-refractivity contribution in [2.75, 3.05) is 18.4 Å². The molecule has 1 fully saturated rings. The Morgan fingerprint density at radius 3 is 2.89 bits per heavy atom. The first kappa shape index (κ1) is 14.5. The van der Waals surface area contributed by atoms with Gasteiger partial charge in [-0.25, -0.2) is 4.39 Å². The van der Waals surface area contributed by atoms with Crippen LogP contribution in [-0.4, -0.2) is 19.0 Å². The van der Waals surface area contributed by atoms with Crippen LogP contribution in [0.2, 0.25) is 0 Å². The third-order valence-corrected chi connectivity index (χ3v) is 4.53. The second-order valence-corrected chi connectivity index (χ2v) is 5.95. The van der Waals surface area contributed by atoms with Crippen molar-refractivity contribution in [3.8, 4) is 0 Å². The fourth-order valence-corrected chi connectivity index (χ4v) is 2.89. The molecule has 1 heterocycles. The molecule has 1 saturated heterocycles. The maximum Gasteiger partial charge on any atom is 0.231 e. The maximum atomic E-state index is 13.6. The minimum absolute atomic E-state index is 0.0233. The lowest BCUT2D eigenvalue weighted by Crippen LogP contribution is -2.37. The number of aryl methyl sites for hydroxylation is 1. The van der Waals surface area contributed by atoms with E-state index in [0.29, 0.717) is 16.7 Å². The zero-order chi connectivity index (χ0) is 14.0. The van der Waals surface area contributed by atoms with Gasteiger partial charge in [0.25, 0.3) is 0 Å². The van der Waals surface area contributed by atoms with Gasteiger partial charge in [-0.05, 0) is 59.9 Å². The van der Waals surface area contributed by atoms with E-state index in [9.17, 15) is 9.18 Å². The minimum Gasteiger partial charge on any atom is -0.325 e. The van der Waals surface area contributed by atoms with Crippen molar-refractivity contribution in [1.29, 1.82) is 0 Å². The Balaban J connectivity index is 2.21. The van der Waals surface area contributed by atoms with Crippen molar-refractivity contribution < 1.29 is 9.18 Å². The molecule has 0 spiro atoms. The number of carbonyl (C=O) groups is 1. The molecule has 5 heteroatoms. The fraction of sp³-hybridized carbons (Fsp3) is 0.500. The predicted octanol–water partition coefficient (Wildman–Crippen LogP) is 3.22. The molecule has 1 amide bonds. The summed E-state index contributed by atoms with van der Waals surface area (Å²) in [6, 6.07) is 3.04. The number of carbonyl (C=O) groups excluding carboxylic acids is 1. The highest BCUT2D eigenvalue weighted by molar-refractivity contribution is 9.10. The van der Waals surface area contributed by atoms with Crippen LogP contribution < -0.4 is 10.6 Å². The van der Waals surface area contributed by atoms with E-state index in [1.807, 2.05) is 13.8 Å². The monoisotopic (exact) mass is 328 g/mol. The predicted molar refractivity (Wildman–Crippen MR) is 77.7 cm³/mol. The quantitative estimate of drug-likeness (QED) is 0.894. The van der Waals surface area contributed by atoms with Gasteiger partial charge in [-0.1, -0.05) is 6.92 Å². The number of nitrogens with one attached hydrogen (secondary N) is 2. The molecule has 1 unspecified atom stereocenters. The summed E-state index contributed by atoms with van der Waals surface area (Å²) in [7, 11) is 0. The van der Waals surface area contributed by atoms with Crippen molar-refractivity contribution in [2.45, 2.75) is 26.7 Å². The van der Waals surface area contributed by atoms with Crippen LogP contribution in [0, 0.1) is 18.2 Å².